The molecule has 0 aromatic heterocycles. The lowest BCUT2D eigenvalue weighted by Crippen LogP contribution is -2.29. The molecule has 0 radical (unpaired) electrons. The summed E-state index contributed by atoms with van der Waals surface area (Å²) in [7, 11) is 1.51. The van der Waals surface area contributed by atoms with Crippen LogP contribution in [0.1, 0.15) is 17.3 Å². The van der Waals surface area contributed by atoms with Gasteiger partial charge in [-0.1, -0.05) is 18.2 Å². The van der Waals surface area contributed by atoms with Crippen LogP contribution in [0.15, 0.2) is 48.5 Å². The van der Waals surface area contributed by atoms with Gasteiger partial charge in [0.25, 0.3) is 0 Å². The summed E-state index contributed by atoms with van der Waals surface area (Å²) in [5, 5.41) is 4.93. The number of anilines is 2. The number of hydrogen-bond acceptors (Lipinski definition) is 4. The van der Waals surface area contributed by atoms with E-state index in [0.717, 1.165) is 0 Å². The summed E-state index contributed by atoms with van der Waals surface area (Å²) in [6.45, 7) is 1.43. The highest BCUT2D eigenvalue weighted by atomic mass is 16.5. The minimum absolute atomic E-state index is 0.123. The number of hydrogen-bond donors (Lipinski definition) is 2. The second kappa shape index (κ2) is 7.22. The highest BCUT2D eigenvalue weighted by Crippen LogP contribution is 2.17. The summed E-state index contributed by atoms with van der Waals surface area (Å²) >= 11 is 0. The lowest BCUT2D eigenvalue weighted by Gasteiger charge is -2.08. The molecule has 0 heterocycles. The van der Waals surface area contributed by atoms with Gasteiger partial charge < -0.3 is 15.4 Å². The number of benzene rings is 2. The zero-order chi connectivity index (χ0) is 16.8. The molecule has 0 bridgehead atoms. The topological polar surface area (TPSA) is 84.5 Å². The van der Waals surface area contributed by atoms with Gasteiger partial charge in [-0.2, -0.15) is 0 Å². The number of methoxy groups -OCH3 is 1. The summed E-state index contributed by atoms with van der Waals surface area (Å²) in [6.07, 6.45) is 0. The fraction of sp³-hybridized carbons (Fsp3) is 0.118. The molecule has 6 heteroatoms. The molecule has 0 aliphatic carbocycles. The number of rotatable bonds is 4. The van der Waals surface area contributed by atoms with Gasteiger partial charge in [0.1, 0.15) is 5.75 Å². The van der Waals surface area contributed by atoms with Crippen molar-refractivity contribution >= 4 is 29.0 Å². The summed E-state index contributed by atoms with van der Waals surface area (Å²) in [5.41, 5.74) is 1.28. The first-order valence-corrected chi connectivity index (χ1v) is 6.87. The van der Waals surface area contributed by atoms with Gasteiger partial charge in [0.15, 0.2) is 5.78 Å². The molecule has 0 atom stereocenters. The first-order valence-electron chi connectivity index (χ1n) is 6.87. The predicted octanol–water partition coefficient (Wildman–Crippen LogP) is 2.48. The van der Waals surface area contributed by atoms with E-state index in [2.05, 4.69) is 10.6 Å². The fourth-order valence-electron chi connectivity index (χ4n) is 1.89. The number of Topliss-reactive ketones (excluding diaryl/α,β-unsaturated/α-hetero) is 1. The molecule has 2 rings (SSSR count). The highest BCUT2D eigenvalue weighted by Gasteiger charge is 2.14. The number of amides is 2. The lowest BCUT2D eigenvalue weighted by atomic mass is 10.1. The van der Waals surface area contributed by atoms with Gasteiger partial charge in [0.2, 0.25) is 0 Å². The van der Waals surface area contributed by atoms with E-state index in [-0.39, 0.29) is 5.78 Å². The van der Waals surface area contributed by atoms with E-state index in [1.807, 2.05) is 0 Å². The number of carbonyl (C=O) groups excluding carboxylic acids is 3. The van der Waals surface area contributed by atoms with Gasteiger partial charge in [0, 0.05) is 23.0 Å². The zero-order valence-corrected chi connectivity index (χ0v) is 12.8. The molecule has 0 spiro atoms. The van der Waals surface area contributed by atoms with Crippen LogP contribution in [0.4, 0.5) is 11.4 Å². The molecule has 23 heavy (non-hydrogen) atoms. The third kappa shape index (κ3) is 4.41. The second-order valence-electron chi connectivity index (χ2n) is 4.78. The molecule has 2 aromatic rings. The van der Waals surface area contributed by atoms with E-state index < -0.39 is 11.8 Å². The fourth-order valence-corrected chi connectivity index (χ4v) is 1.89. The molecule has 2 amide bonds. The Bertz CT molecular complexity index is 756. The smallest absolute Gasteiger partial charge is 0.314 e. The Labute approximate surface area is 133 Å². The highest BCUT2D eigenvalue weighted by molar-refractivity contribution is 6.43. The second-order valence-corrected chi connectivity index (χ2v) is 4.78. The Morgan fingerprint density at radius 2 is 1.43 bits per heavy atom. The van der Waals surface area contributed by atoms with E-state index in [1.54, 1.807) is 42.5 Å². The van der Waals surface area contributed by atoms with Gasteiger partial charge in [0.05, 0.1) is 7.11 Å². The van der Waals surface area contributed by atoms with Crippen molar-refractivity contribution in [2.75, 3.05) is 17.7 Å². The summed E-state index contributed by atoms with van der Waals surface area (Å²) in [5.74, 6) is -1.20. The van der Waals surface area contributed by atoms with Crippen LogP contribution >= 0.6 is 0 Å². The number of ketones is 1. The normalized spacial score (nSPS) is 9.83. The molecule has 0 saturated carbocycles. The molecule has 0 saturated heterocycles. The van der Waals surface area contributed by atoms with Crippen molar-refractivity contribution in [3.05, 3.63) is 54.1 Å². The van der Waals surface area contributed by atoms with Crippen LogP contribution in [0.2, 0.25) is 0 Å². The third-order valence-electron chi connectivity index (χ3n) is 3.06. The summed E-state index contributed by atoms with van der Waals surface area (Å²) in [4.78, 5) is 35.1. The van der Waals surface area contributed by atoms with Gasteiger partial charge in [-0.25, -0.2) is 0 Å². The van der Waals surface area contributed by atoms with Crippen molar-refractivity contribution in [3.8, 4) is 5.75 Å². The summed E-state index contributed by atoms with van der Waals surface area (Å²) < 4.78 is 5.04. The zero-order valence-electron chi connectivity index (χ0n) is 12.8. The molecule has 118 valence electrons. The quantitative estimate of drug-likeness (QED) is 0.671. The molecular weight excluding hydrogens is 296 g/mol. The van der Waals surface area contributed by atoms with Crippen LogP contribution in [0.5, 0.6) is 5.75 Å². The third-order valence-corrected chi connectivity index (χ3v) is 3.06. The van der Waals surface area contributed by atoms with Crippen molar-refractivity contribution < 1.29 is 19.1 Å². The van der Waals surface area contributed by atoms with Crippen molar-refractivity contribution in [3.63, 3.8) is 0 Å². The maximum absolute atomic E-state index is 11.9. The largest absolute Gasteiger partial charge is 0.497 e. The lowest BCUT2D eigenvalue weighted by molar-refractivity contribution is -0.132. The van der Waals surface area contributed by atoms with Crippen molar-refractivity contribution in [1.82, 2.24) is 0 Å². The molecule has 6 nitrogen and oxygen atoms in total. The number of carbonyl (C=O) groups is 3. The van der Waals surface area contributed by atoms with Gasteiger partial charge in [-0.3, -0.25) is 14.4 Å². The maximum Gasteiger partial charge on any atom is 0.314 e. The first-order chi connectivity index (χ1) is 11.0. The summed E-state index contributed by atoms with van der Waals surface area (Å²) in [6, 6.07) is 13.0. The maximum atomic E-state index is 11.9. The average molecular weight is 312 g/mol. The Morgan fingerprint density at radius 1 is 0.870 bits per heavy atom. The minimum atomic E-state index is -0.825. The van der Waals surface area contributed by atoms with Crippen LogP contribution in [0.3, 0.4) is 0 Å². The van der Waals surface area contributed by atoms with E-state index in [1.165, 1.54) is 20.1 Å². The molecule has 0 unspecified atom stereocenters. The van der Waals surface area contributed by atoms with Crippen LogP contribution in [-0.4, -0.2) is 24.7 Å². The van der Waals surface area contributed by atoms with Crippen LogP contribution in [-0.2, 0) is 9.59 Å². The van der Waals surface area contributed by atoms with Gasteiger partial charge in [-0.15, -0.1) is 0 Å². The Morgan fingerprint density at radius 3 is 2.00 bits per heavy atom. The minimum Gasteiger partial charge on any atom is -0.497 e. The van der Waals surface area contributed by atoms with Gasteiger partial charge in [-0.05, 0) is 31.2 Å². The van der Waals surface area contributed by atoms with Crippen molar-refractivity contribution in [2.45, 2.75) is 6.92 Å². The standard InChI is InChI=1S/C17H16N2O4/c1-11(20)12-5-3-6-13(9-12)18-16(21)17(22)19-14-7-4-8-15(10-14)23-2/h3-10H,1-2H3,(H,18,21)(H,19,22). The number of ether oxygens (including phenoxy) is 1. The number of nitrogens with one attached hydrogen (secondary N) is 2. The van der Waals surface area contributed by atoms with E-state index in [4.69, 9.17) is 4.74 Å². The van der Waals surface area contributed by atoms with Crippen molar-refractivity contribution in [2.24, 2.45) is 0 Å². The van der Waals surface area contributed by atoms with E-state index >= 15 is 0 Å². The van der Waals surface area contributed by atoms with E-state index in [0.29, 0.717) is 22.7 Å². The SMILES string of the molecule is COc1cccc(NC(=O)C(=O)Nc2cccc(C(C)=O)c2)c1. The van der Waals surface area contributed by atoms with Gasteiger partial charge >= 0.3 is 11.8 Å². The first kappa shape index (κ1) is 16.2. The van der Waals surface area contributed by atoms with Crippen LogP contribution in [0.25, 0.3) is 0 Å². The Hall–Kier alpha value is -3.15. The molecular formula is C17H16N2O4. The van der Waals surface area contributed by atoms with Crippen LogP contribution < -0.4 is 15.4 Å². The van der Waals surface area contributed by atoms with Crippen LogP contribution in [0, 0.1) is 0 Å². The Kier molecular flexibility index (Phi) is 5.09. The monoisotopic (exact) mass is 312 g/mol. The molecule has 2 aromatic carbocycles. The molecule has 2 N–H and O–H groups in total. The average Bonchev–Trinajstić information content (AvgIpc) is 2.55. The van der Waals surface area contributed by atoms with Crippen molar-refractivity contribution in [1.29, 1.82) is 0 Å². The molecule has 0 aliphatic heterocycles. The van der Waals surface area contributed by atoms with E-state index in [9.17, 15) is 14.4 Å². The predicted molar refractivity (Wildman–Crippen MR) is 86.7 cm³/mol. The molecule has 0 aliphatic rings. The molecule has 0 fully saturated rings. The Balaban J connectivity index is 2.03.